The fraction of sp³-hybridized carbons (Fsp3) is 0.0769. The molecule has 0 aliphatic heterocycles. The zero-order valence-corrected chi connectivity index (χ0v) is 10.8. The summed E-state index contributed by atoms with van der Waals surface area (Å²) >= 11 is 0. The largest absolute Gasteiger partial charge is 0.490 e. The van der Waals surface area contributed by atoms with Crippen molar-refractivity contribution in [1.29, 1.82) is 0 Å². The molecule has 0 aliphatic rings. The molecule has 118 valence electrons. The molecule has 2 aromatic rings. The Morgan fingerprint density at radius 1 is 1.18 bits per heavy atom. The van der Waals surface area contributed by atoms with Crippen LogP contribution in [-0.2, 0) is 4.79 Å². The van der Waals surface area contributed by atoms with Crippen LogP contribution in [0, 0.1) is 5.82 Å². The summed E-state index contributed by atoms with van der Waals surface area (Å²) in [5, 5.41) is 7.12. The van der Waals surface area contributed by atoms with Crippen molar-refractivity contribution in [2.24, 2.45) is 0 Å². The van der Waals surface area contributed by atoms with Gasteiger partial charge in [-0.05, 0) is 30.3 Å². The summed E-state index contributed by atoms with van der Waals surface area (Å²) in [4.78, 5) is 12.9. The topological polar surface area (TPSA) is 85.4 Å². The molecule has 0 radical (unpaired) electrons. The molecule has 1 heterocycles. The zero-order valence-electron chi connectivity index (χ0n) is 10.8. The molecular formula is C13H10F4N2O3. The maximum absolute atomic E-state index is 12.6. The SMILES string of the molecule is Nc1ccnc(Oc2ccc(F)cc2)c1.O=C(O)C(F)(F)F. The molecule has 3 N–H and O–H groups in total. The van der Waals surface area contributed by atoms with Gasteiger partial charge in [0.15, 0.2) is 0 Å². The van der Waals surface area contributed by atoms with E-state index >= 15 is 0 Å². The van der Waals surface area contributed by atoms with Crippen LogP contribution in [0.3, 0.4) is 0 Å². The lowest BCUT2D eigenvalue weighted by molar-refractivity contribution is -0.192. The van der Waals surface area contributed by atoms with Gasteiger partial charge in [-0.1, -0.05) is 0 Å². The van der Waals surface area contributed by atoms with Crippen LogP contribution in [0.4, 0.5) is 23.2 Å². The highest BCUT2D eigenvalue weighted by atomic mass is 19.4. The van der Waals surface area contributed by atoms with Crippen molar-refractivity contribution in [3.63, 3.8) is 0 Å². The number of benzene rings is 1. The van der Waals surface area contributed by atoms with E-state index < -0.39 is 12.1 Å². The molecule has 0 fully saturated rings. The maximum Gasteiger partial charge on any atom is 0.490 e. The predicted molar refractivity (Wildman–Crippen MR) is 68.8 cm³/mol. The molecular weight excluding hydrogens is 308 g/mol. The number of aromatic nitrogens is 1. The molecule has 1 aromatic heterocycles. The van der Waals surface area contributed by atoms with Crippen molar-refractivity contribution >= 4 is 11.7 Å². The van der Waals surface area contributed by atoms with Crippen molar-refractivity contribution in [2.75, 3.05) is 5.73 Å². The Kier molecular flexibility index (Phi) is 5.67. The molecule has 0 saturated carbocycles. The molecule has 0 aliphatic carbocycles. The molecule has 0 saturated heterocycles. The number of anilines is 1. The van der Waals surface area contributed by atoms with Gasteiger partial charge in [-0.3, -0.25) is 0 Å². The summed E-state index contributed by atoms with van der Waals surface area (Å²) in [5.41, 5.74) is 6.13. The van der Waals surface area contributed by atoms with Crippen LogP contribution in [0.15, 0.2) is 42.6 Å². The van der Waals surface area contributed by atoms with Gasteiger partial charge in [0.2, 0.25) is 5.88 Å². The van der Waals surface area contributed by atoms with Crippen molar-refractivity contribution in [2.45, 2.75) is 6.18 Å². The summed E-state index contributed by atoms with van der Waals surface area (Å²) < 4.78 is 49.7. The van der Waals surface area contributed by atoms with Crippen LogP contribution in [0.25, 0.3) is 0 Å². The van der Waals surface area contributed by atoms with Gasteiger partial charge in [0.05, 0.1) is 0 Å². The Morgan fingerprint density at radius 3 is 2.18 bits per heavy atom. The molecule has 5 nitrogen and oxygen atoms in total. The van der Waals surface area contributed by atoms with Crippen LogP contribution in [0.5, 0.6) is 11.6 Å². The average molecular weight is 318 g/mol. The van der Waals surface area contributed by atoms with Gasteiger partial charge in [0.1, 0.15) is 11.6 Å². The first-order chi connectivity index (χ1) is 10.2. The number of hydrogen-bond acceptors (Lipinski definition) is 4. The summed E-state index contributed by atoms with van der Waals surface area (Å²) in [5.74, 6) is -2.15. The Morgan fingerprint density at radius 2 is 1.73 bits per heavy atom. The normalized spacial score (nSPS) is 10.4. The molecule has 9 heteroatoms. The number of nitrogens with two attached hydrogens (primary N) is 1. The Balaban J connectivity index is 0.000000295. The first kappa shape index (κ1) is 17.2. The van der Waals surface area contributed by atoms with E-state index in [2.05, 4.69) is 4.98 Å². The summed E-state index contributed by atoms with van der Waals surface area (Å²) in [6.45, 7) is 0. The summed E-state index contributed by atoms with van der Waals surface area (Å²) in [7, 11) is 0. The number of ether oxygens (including phenoxy) is 1. The van der Waals surface area contributed by atoms with Crippen LogP contribution in [0.2, 0.25) is 0 Å². The van der Waals surface area contributed by atoms with Crippen LogP contribution < -0.4 is 10.5 Å². The smallest absolute Gasteiger partial charge is 0.475 e. The first-order valence-corrected chi connectivity index (χ1v) is 5.63. The lowest BCUT2D eigenvalue weighted by atomic mass is 10.3. The van der Waals surface area contributed by atoms with Gasteiger partial charge in [-0.2, -0.15) is 13.2 Å². The first-order valence-electron chi connectivity index (χ1n) is 5.63. The second-order valence-electron chi connectivity index (χ2n) is 3.79. The van der Waals surface area contributed by atoms with Gasteiger partial charge >= 0.3 is 12.1 Å². The minimum Gasteiger partial charge on any atom is -0.475 e. The number of nitrogen functional groups attached to an aromatic ring is 1. The lowest BCUT2D eigenvalue weighted by Gasteiger charge is -2.04. The van der Waals surface area contributed by atoms with E-state index in [0.29, 0.717) is 17.3 Å². The molecule has 0 amide bonds. The summed E-state index contributed by atoms with van der Waals surface area (Å²) in [6, 6.07) is 8.96. The van der Waals surface area contributed by atoms with Crippen molar-refractivity contribution in [3.8, 4) is 11.6 Å². The van der Waals surface area contributed by atoms with E-state index in [1.165, 1.54) is 24.3 Å². The molecule has 2 rings (SSSR count). The Hall–Kier alpha value is -2.84. The van der Waals surface area contributed by atoms with Gasteiger partial charge in [-0.25, -0.2) is 14.2 Å². The zero-order chi connectivity index (χ0) is 16.8. The molecule has 0 atom stereocenters. The van der Waals surface area contributed by atoms with Gasteiger partial charge < -0.3 is 15.6 Å². The molecule has 0 bridgehead atoms. The van der Waals surface area contributed by atoms with Crippen LogP contribution in [-0.4, -0.2) is 22.2 Å². The number of nitrogens with zero attached hydrogens (tertiary/aromatic N) is 1. The Labute approximate surface area is 122 Å². The summed E-state index contributed by atoms with van der Waals surface area (Å²) in [6.07, 6.45) is -3.53. The molecule has 1 aromatic carbocycles. The van der Waals surface area contributed by atoms with Gasteiger partial charge in [0.25, 0.3) is 0 Å². The number of carboxylic acid groups (broad SMARTS) is 1. The Bertz CT molecular complexity index is 630. The average Bonchev–Trinajstić information content (AvgIpc) is 2.41. The number of aliphatic carboxylic acids is 1. The minimum absolute atomic E-state index is 0.303. The molecule has 0 unspecified atom stereocenters. The highest BCUT2D eigenvalue weighted by Gasteiger charge is 2.38. The monoisotopic (exact) mass is 318 g/mol. The minimum atomic E-state index is -5.08. The van der Waals surface area contributed by atoms with Crippen LogP contribution >= 0.6 is 0 Å². The van der Waals surface area contributed by atoms with E-state index in [1.54, 1.807) is 18.3 Å². The maximum atomic E-state index is 12.6. The number of pyridine rings is 1. The van der Waals surface area contributed by atoms with Crippen molar-refractivity contribution < 1.29 is 32.2 Å². The molecule has 0 spiro atoms. The van der Waals surface area contributed by atoms with E-state index in [0.717, 1.165) is 0 Å². The van der Waals surface area contributed by atoms with Gasteiger partial charge in [0, 0.05) is 18.0 Å². The van der Waals surface area contributed by atoms with E-state index in [9.17, 15) is 17.6 Å². The van der Waals surface area contributed by atoms with E-state index in [1.807, 2.05) is 0 Å². The van der Waals surface area contributed by atoms with Crippen molar-refractivity contribution in [3.05, 3.63) is 48.4 Å². The highest BCUT2D eigenvalue weighted by molar-refractivity contribution is 5.73. The van der Waals surface area contributed by atoms with E-state index in [4.69, 9.17) is 20.4 Å². The van der Waals surface area contributed by atoms with Gasteiger partial charge in [-0.15, -0.1) is 0 Å². The number of rotatable bonds is 2. The number of hydrogen-bond donors (Lipinski definition) is 2. The quantitative estimate of drug-likeness (QED) is 0.830. The number of carboxylic acids is 1. The highest BCUT2D eigenvalue weighted by Crippen LogP contribution is 2.20. The standard InChI is InChI=1S/C11H9FN2O.C2HF3O2/c12-8-1-3-10(4-2-8)15-11-7-9(13)5-6-14-11;3-2(4,5)1(6)7/h1-7H,(H2,13,14);(H,6,7). The third-order valence-corrected chi connectivity index (χ3v) is 2.04. The third kappa shape index (κ3) is 6.07. The second kappa shape index (κ2) is 7.25. The second-order valence-corrected chi connectivity index (χ2v) is 3.79. The third-order valence-electron chi connectivity index (χ3n) is 2.04. The predicted octanol–water partition coefficient (Wildman–Crippen LogP) is 3.23. The fourth-order valence-corrected chi connectivity index (χ4v) is 1.10. The number of alkyl halides is 3. The van der Waals surface area contributed by atoms with Crippen molar-refractivity contribution in [1.82, 2.24) is 4.98 Å². The fourth-order valence-electron chi connectivity index (χ4n) is 1.10. The van der Waals surface area contributed by atoms with E-state index in [-0.39, 0.29) is 5.82 Å². The number of carbonyl (C=O) groups is 1. The molecule has 22 heavy (non-hydrogen) atoms. The number of halogens is 4. The van der Waals surface area contributed by atoms with Crippen LogP contribution in [0.1, 0.15) is 0 Å². The lowest BCUT2D eigenvalue weighted by Crippen LogP contribution is -2.21.